The summed E-state index contributed by atoms with van der Waals surface area (Å²) in [6.45, 7) is 4.25. The van der Waals surface area contributed by atoms with Crippen LogP contribution in [0.3, 0.4) is 0 Å². The fraction of sp³-hybridized carbons (Fsp3) is 0.400. The van der Waals surface area contributed by atoms with E-state index in [1.165, 1.54) is 5.69 Å². The molecule has 1 N–H and O–H groups in total. The average molecular weight is 435 g/mol. The summed E-state index contributed by atoms with van der Waals surface area (Å²) in [6.07, 6.45) is 0.513. The zero-order chi connectivity index (χ0) is 22.3. The van der Waals surface area contributed by atoms with E-state index in [-0.39, 0.29) is 36.5 Å². The van der Waals surface area contributed by atoms with Gasteiger partial charge >= 0.3 is 0 Å². The highest BCUT2D eigenvalue weighted by Gasteiger charge is 2.34. The Morgan fingerprint density at radius 1 is 0.906 bits per heavy atom. The van der Waals surface area contributed by atoms with E-state index < -0.39 is 0 Å². The number of likely N-dealkylation sites (tertiary alicyclic amines) is 1. The topological polar surface area (TPSA) is 73.0 Å². The Labute approximate surface area is 189 Å². The third-order valence-corrected chi connectivity index (χ3v) is 6.19. The summed E-state index contributed by atoms with van der Waals surface area (Å²) in [6, 6.07) is 20.0. The molecule has 2 aliphatic heterocycles. The maximum absolute atomic E-state index is 12.5. The number of para-hydroxylation sites is 1. The smallest absolute Gasteiger partial charge is 0.225 e. The highest BCUT2D eigenvalue weighted by Crippen LogP contribution is 2.20. The van der Waals surface area contributed by atoms with Gasteiger partial charge in [-0.25, -0.2) is 0 Å². The Bertz CT molecular complexity index is 927. The molecule has 2 saturated heterocycles. The van der Waals surface area contributed by atoms with Crippen LogP contribution in [0.5, 0.6) is 0 Å². The first-order valence-corrected chi connectivity index (χ1v) is 11.3. The van der Waals surface area contributed by atoms with Crippen LogP contribution < -0.4 is 10.2 Å². The molecule has 2 aromatic rings. The average Bonchev–Trinajstić information content (AvgIpc) is 3.20. The van der Waals surface area contributed by atoms with Crippen molar-refractivity contribution in [2.45, 2.75) is 19.4 Å². The molecule has 1 atom stereocenters. The van der Waals surface area contributed by atoms with Crippen molar-refractivity contribution in [2.75, 3.05) is 44.2 Å². The van der Waals surface area contributed by atoms with Gasteiger partial charge in [0, 0.05) is 64.3 Å². The van der Waals surface area contributed by atoms with Gasteiger partial charge in [-0.15, -0.1) is 0 Å². The second kappa shape index (κ2) is 10.3. The molecule has 2 aliphatic rings. The summed E-state index contributed by atoms with van der Waals surface area (Å²) in [5, 5.41) is 2.86. The zero-order valence-corrected chi connectivity index (χ0v) is 18.3. The highest BCUT2D eigenvalue weighted by molar-refractivity contribution is 5.89. The van der Waals surface area contributed by atoms with E-state index in [1.807, 2.05) is 53.4 Å². The number of amides is 3. The number of hydrogen-bond donors (Lipinski definition) is 1. The molecule has 2 fully saturated rings. The second-order valence-electron chi connectivity index (χ2n) is 8.41. The third-order valence-electron chi connectivity index (χ3n) is 6.19. The van der Waals surface area contributed by atoms with Gasteiger partial charge in [-0.1, -0.05) is 48.5 Å². The number of carbonyl (C=O) groups is 3. The molecule has 168 valence electrons. The first kappa shape index (κ1) is 21.9. The lowest BCUT2D eigenvalue weighted by atomic mass is 10.1. The fourth-order valence-corrected chi connectivity index (χ4v) is 4.35. The van der Waals surface area contributed by atoms with E-state index in [0.29, 0.717) is 32.7 Å². The molecule has 0 radical (unpaired) electrons. The lowest BCUT2D eigenvalue weighted by Gasteiger charge is -2.36. The quantitative estimate of drug-likeness (QED) is 0.722. The summed E-state index contributed by atoms with van der Waals surface area (Å²) >= 11 is 0. The van der Waals surface area contributed by atoms with Crippen molar-refractivity contribution in [3.05, 3.63) is 66.2 Å². The molecule has 1 unspecified atom stereocenters. The maximum Gasteiger partial charge on any atom is 0.225 e. The van der Waals surface area contributed by atoms with Crippen molar-refractivity contribution in [3.8, 4) is 0 Å². The largest absolute Gasteiger partial charge is 0.368 e. The van der Waals surface area contributed by atoms with E-state index in [4.69, 9.17) is 0 Å². The van der Waals surface area contributed by atoms with Crippen LogP contribution in [0.1, 0.15) is 18.4 Å². The number of hydrogen-bond acceptors (Lipinski definition) is 4. The van der Waals surface area contributed by atoms with Gasteiger partial charge < -0.3 is 20.0 Å². The van der Waals surface area contributed by atoms with Crippen molar-refractivity contribution in [1.82, 2.24) is 15.1 Å². The van der Waals surface area contributed by atoms with Gasteiger partial charge in [0.1, 0.15) is 0 Å². The molecular weight excluding hydrogens is 404 g/mol. The summed E-state index contributed by atoms with van der Waals surface area (Å²) in [5.41, 5.74) is 2.24. The molecule has 3 amide bonds. The summed E-state index contributed by atoms with van der Waals surface area (Å²) in [5.74, 6) is -0.432. The molecule has 2 aromatic carbocycles. The van der Waals surface area contributed by atoms with Crippen molar-refractivity contribution in [1.29, 1.82) is 0 Å². The van der Waals surface area contributed by atoms with Gasteiger partial charge in [0.25, 0.3) is 0 Å². The van der Waals surface area contributed by atoms with Gasteiger partial charge in [-0.3, -0.25) is 14.4 Å². The minimum atomic E-state index is -0.351. The van der Waals surface area contributed by atoms with Gasteiger partial charge in [-0.05, 0) is 17.7 Å². The van der Waals surface area contributed by atoms with E-state index in [0.717, 1.165) is 18.7 Å². The predicted molar refractivity (Wildman–Crippen MR) is 123 cm³/mol. The van der Waals surface area contributed by atoms with Crippen molar-refractivity contribution >= 4 is 23.4 Å². The van der Waals surface area contributed by atoms with Crippen LogP contribution in [0.15, 0.2) is 60.7 Å². The second-order valence-corrected chi connectivity index (χ2v) is 8.41. The molecule has 7 heteroatoms. The van der Waals surface area contributed by atoms with E-state index in [2.05, 4.69) is 22.3 Å². The SMILES string of the molecule is O=C(NCCC(=O)N1CCN(c2ccccc2)CC1)C1CC(=O)N(Cc2ccccc2)C1. The number of carbonyl (C=O) groups excluding carboxylic acids is 3. The summed E-state index contributed by atoms with van der Waals surface area (Å²) < 4.78 is 0. The molecule has 0 bridgehead atoms. The standard InChI is InChI=1S/C25H30N4O3/c30-23(28-15-13-27(14-16-28)22-9-5-2-6-10-22)11-12-26-25(32)21-17-24(31)29(19-21)18-20-7-3-1-4-8-20/h1-10,21H,11-19H2,(H,26,32). The van der Waals surface area contributed by atoms with Crippen molar-refractivity contribution in [3.63, 3.8) is 0 Å². The van der Waals surface area contributed by atoms with Crippen molar-refractivity contribution in [2.24, 2.45) is 5.92 Å². The molecule has 0 saturated carbocycles. The van der Waals surface area contributed by atoms with Crippen LogP contribution in [0.2, 0.25) is 0 Å². The Kier molecular flexibility index (Phi) is 7.04. The van der Waals surface area contributed by atoms with Gasteiger partial charge in [0.05, 0.1) is 5.92 Å². The number of benzene rings is 2. The normalized spacial score (nSPS) is 18.7. The first-order chi connectivity index (χ1) is 15.6. The molecule has 0 aromatic heterocycles. The number of piperazine rings is 1. The molecule has 2 heterocycles. The number of rotatable bonds is 7. The Morgan fingerprint density at radius 2 is 1.56 bits per heavy atom. The van der Waals surface area contributed by atoms with Crippen LogP contribution in [0.25, 0.3) is 0 Å². The lowest BCUT2D eigenvalue weighted by Crippen LogP contribution is -2.49. The molecule has 32 heavy (non-hydrogen) atoms. The maximum atomic E-state index is 12.5. The Hall–Kier alpha value is -3.35. The fourth-order valence-electron chi connectivity index (χ4n) is 4.35. The van der Waals surface area contributed by atoms with E-state index in [1.54, 1.807) is 4.90 Å². The monoisotopic (exact) mass is 434 g/mol. The summed E-state index contributed by atoms with van der Waals surface area (Å²) in [4.78, 5) is 43.2. The molecule has 7 nitrogen and oxygen atoms in total. The van der Waals surface area contributed by atoms with Gasteiger partial charge in [0.2, 0.25) is 17.7 Å². The molecular formula is C25H30N4O3. The minimum absolute atomic E-state index is 0.00127. The van der Waals surface area contributed by atoms with Crippen LogP contribution >= 0.6 is 0 Å². The third kappa shape index (κ3) is 5.46. The lowest BCUT2D eigenvalue weighted by molar-refractivity contribution is -0.132. The summed E-state index contributed by atoms with van der Waals surface area (Å²) in [7, 11) is 0. The highest BCUT2D eigenvalue weighted by atomic mass is 16.2. The molecule has 0 aliphatic carbocycles. The molecule has 4 rings (SSSR count). The Balaban J connectivity index is 1.17. The Morgan fingerprint density at radius 3 is 2.25 bits per heavy atom. The minimum Gasteiger partial charge on any atom is -0.368 e. The van der Waals surface area contributed by atoms with Crippen LogP contribution in [0, 0.1) is 5.92 Å². The van der Waals surface area contributed by atoms with E-state index >= 15 is 0 Å². The van der Waals surface area contributed by atoms with E-state index in [9.17, 15) is 14.4 Å². The molecule has 0 spiro atoms. The van der Waals surface area contributed by atoms with Crippen LogP contribution in [-0.4, -0.2) is 66.8 Å². The number of anilines is 1. The predicted octanol–water partition coefficient (Wildman–Crippen LogP) is 1.89. The first-order valence-electron chi connectivity index (χ1n) is 11.3. The van der Waals surface area contributed by atoms with Crippen LogP contribution in [0.4, 0.5) is 5.69 Å². The van der Waals surface area contributed by atoms with Crippen molar-refractivity contribution < 1.29 is 14.4 Å². The van der Waals surface area contributed by atoms with Gasteiger partial charge in [0.15, 0.2) is 0 Å². The number of nitrogens with zero attached hydrogens (tertiary/aromatic N) is 3. The van der Waals surface area contributed by atoms with Gasteiger partial charge in [-0.2, -0.15) is 0 Å². The zero-order valence-electron chi connectivity index (χ0n) is 18.3. The number of nitrogens with one attached hydrogen (secondary N) is 1. The van der Waals surface area contributed by atoms with Crippen LogP contribution in [-0.2, 0) is 20.9 Å².